The first-order valence-electron chi connectivity index (χ1n) is 8.20. The lowest BCUT2D eigenvalue weighted by atomic mass is 10.2. The monoisotopic (exact) mass is 345 g/mol. The number of aliphatic carboxylic acids is 1. The molecule has 24 heavy (non-hydrogen) atoms. The van der Waals surface area contributed by atoms with E-state index in [9.17, 15) is 9.90 Å². The topological polar surface area (TPSA) is 75.6 Å². The summed E-state index contributed by atoms with van der Waals surface area (Å²) in [4.78, 5) is 13.5. The number of aromatic nitrogens is 2. The summed E-state index contributed by atoms with van der Waals surface area (Å²) >= 11 is 1.61. The minimum Gasteiger partial charge on any atom is -0.489 e. The van der Waals surface area contributed by atoms with Crippen LogP contribution in [0.25, 0.3) is 0 Å². The van der Waals surface area contributed by atoms with E-state index in [0.717, 1.165) is 15.8 Å². The largest absolute Gasteiger partial charge is 0.489 e. The molecule has 0 amide bonds. The summed E-state index contributed by atoms with van der Waals surface area (Å²) < 4.78 is 5.94. The maximum absolute atomic E-state index is 11.6. The Morgan fingerprint density at radius 3 is 2.79 bits per heavy atom. The van der Waals surface area contributed by atoms with Crippen molar-refractivity contribution >= 4 is 17.3 Å². The molecule has 0 radical (unpaired) electrons. The Kier molecular flexibility index (Phi) is 4.20. The van der Waals surface area contributed by atoms with E-state index >= 15 is 0 Å². The van der Waals surface area contributed by atoms with Gasteiger partial charge in [-0.2, -0.15) is 0 Å². The Morgan fingerprint density at radius 2 is 2.08 bits per heavy atom. The lowest BCUT2D eigenvalue weighted by Gasteiger charge is -2.18. The van der Waals surface area contributed by atoms with Gasteiger partial charge < -0.3 is 9.84 Å². The molecule has 1 N–H and O–H groups in total. The summed E-state index contributed by atoms with van der Waals surface area (Å²) in [6.45, 7) is 1.11. The molecule has 0 unspecified atom stereocenters. The molecule has 1 aromatic heterocycles. The van der Waals surface area contributed by atoms with Gasteiger partial charge in [-0.3, -0.25) is 9.69 Å². The summed E-state index contributed by atoms with van der Waals surface area (Å²) in [5.41, 5.74) is 0. The molecule has 1 aliphatic carbocycles. The van der Waals surface area contributed by atoms with Crippen molar-refractivity contribution in [1.29, 1.82) is 0 Å². The smallest absolute Gasteiger partial charge is 0.321 e. The highest BCUT2D eigenvalue weighted by Crippen LogP contribution is 2.41. The number of rotatable bonds is 6. The summed E-state index contributed by atoms with van der Waals surface area (Å²) in [5.74, 6) is 0.556. The van der Waals surface area contributed by atoms with Crippen molar-refractivity contribution < 1.29 is 14.6 Å². The fourth-order valence-electron chi connectivity index (χ4n) is 3.07. The molecule has 126 valence electrons. The van der Waals surface area contributed by atoms with Gasteiger partial charge in [0.25, 0.3) is 0 Å². The molecular weight excluding hydrogens is 326 g/mol. The van der Waals surface area contributed by atoms with Crippen LogP contribution < -0.4 is 4.74 Å². The van der Waals surface area contributed by atoms with Gasteiger partial charge in [0.05, 0.1) is 6.54 Å². The van der Waals surface area contributed by atoms with Crippen LogP contribution >= 0.6 is 11.3 Å². The van der Waals surface area contributed by atoms with Crippen LogP contribution in [0.4, 0.5) is 0 Å². The number of para-hydroxylation sites is 1. The average molecular weight is 345 g/mol. The third-order valence-corrected chi connectivity index (χ3v) is 5.51. The van der Waals surface area contributed by atoms with Gasteiger partial charge in [0.2, 0.25) is 0 Å². The highest BCUT2D eigenvalue weighted by molar-refractivity contribution is 7.11. The van der Waals surface area contributed by atoms with E-state index in [1.807, 2.05) is 35.2 Å². The van der Waals surface area contributed by atoms with Crippen LogP contribution in [0.5, 0.6) is 5.75 Å². The summed E-state index contributed by atoms with van der Waals surface area (Å²) in [6.07, 6.45) is 2.76. The normalized spacial score (nSPS) is 24.2. The number of carboxylic acids is 1. The molecule has 2 aromatic rings. The Balaban J connectivity index is 1.43. The Labute approximate surface area is 144 Å². The molecule has 2 fully saturated rings. The summed E-state index contributed by atoms with van der Waals surface area (Å²) in [7, 11) is 0. The molecule has 6 nitrogen and oxygen atoms in total. The van der Waals surface area contributed by atoms with Crippen molar-refractivity contribution in [3.8, 4) is 5.75 Å². The summed E-state index contributed by atoms with van der Waals surface area (Å²) in [6, 6.07) is 9.01. The van der Waals surface area contributed by atoms with Crippen LogP contribution in [0.3, 0.4) is 0 Å². The van der Waals surface area contributed by atoms with Crippen LogP contribution in [0, 0.1) is 0 Å². The van der Waals surface area contributed by atoms with E-state index in [1.54, 1.807) is 11.3 Å². The zero-order valence-corrected chi connectivity index (χ0v) is 14.0. The number of hydrogen-bond acceptors (Lipinski definition) is 6. The quantitative estimate of drug-likeness (QED) is 0.867. The number of hydrogen-bond donors (Lipinski definition) is 1. The van der Waals surface area contributed by atoms with Crippen molar-refractivity contribution in [3.05, 3.63) is 40.3 Å². The second-order valence-corrected chi connectivity index (χ2v) is 7.47. The van der Waals surface area contributed by atoms with Crippen molar-refractivity contribution in [3.63, 3.8) is 0 Å². The molecular formula is C17H19N3O3S. The fraction of sp³-hybridized carbons (Fsp3) is 0.471. The van der Waals surface area contributed by atoms with E-state index in [1.165, 1.54) is 12.8 Å². The Bertz CT molecular complexity index is 717. The van der Waals surface area contributed by atoms with Gasteiger partial charge in [0.1, 0.15) is 27.9 Å². The number of benzene rings is 1. The highest BCUT2D eigenvalue weighted by Gasteiger charge is 2.38. The molecule has 4 rings (SSSR count). The van der Waals surface area contributed by atoms with E-state index in [-0.39, 0.29) is 6.10 Å². The second-order valence-electron chi connectivity index (χ2n) is 6.38. The Hall–Kier alpha value is -1.99. The molecule has 1 saturated heterocycles. The number of nitrogens with zero attached hydrogens (tertiary/aromatic N) is 3. The third-order valence-electron chi connectivity index (χ3n) is 4.44. The van der Waals surface area contributed by atoms with Crippen molar-refractivity contribution in [1.82, 2.24) is 15.1 Å². The lowest BCUT2D eigenvalue weighted by Crippen LogP contribution is -2.35. The maximum Gasteiger partial charge on any atom is 0.321 e. The number of ether oxygens (including phenoxy) is 1. The van der Waals surface area contributed by atoms with E-state index in [4.69, 9.17) is 4.74 Å². The number of likely N-dealkylation sites (tertiary alicyclic amines) is 1. The SMILES string of the molecule is O=C(O)[C@@H]1C[C@H](Oc2ccccc2)CN1Cc1nnc(C2CC2)s1. The first kappa shape index (κ1) is 15.5. The fourth-order valence-corrected chi connectivity index (χ4v) is 4.11. The van der Waals surface area contributed by atoms with Gasteiger partial charge >= 0.3 is 5.97 Å². The van der Waals surface area contributed by atoms with Crippen LogP contribution in [0.1, 0.15) is 35.2 Å². The van der Waals surface area contributed by atoms with Crippen molar-refractivity contribution in [2.24, 2.45) is 0 Å². The average Bonchev–Trinajstić information content (AvgIpc) is 3.19. The third kappa shape index (κ3) is 3.42. The molecule has 7 heteroatoms. The van der Waals surface area contributed by atoms with Crippen LogP contribution in [0.15, 0.2) is 30.3 Å². The van der Waals surface area contributed by atoms with E-state index < -0.39 is 12.0 Å². The van der Waals surface area contributed by atoms with Gasteiger partial charge in [-0.05, 0) is 25.0 Å². The van der Waals surface area contributed by atoms with Crippen LogP contribution in [-0.4, -0.2) is 44.9 Å². The zero-order valence-electron chi connectivity index (χ0n) is 13.2. The first-order chi connectivity index (χ1) is 11.7. The highest BCUT2D eigenvalue weighted by atomic mass is 32.1. The van der Waals surface area contributed by atoms with E-state index in [2.05, 4.69) is 10.2 Å². The van der Waals surface area contributed by atoms with E-state index in [0.29, 0.717) is 25.4 Å². The Morgan fingerprint density at radius 1 is 1.29 bits per heavy atom. The predicted octanol–water partition coefficient (Wildman–Crippen LogP) is 2.52. The van der Waals surface area contributed by atoms with Gasteiger partial charge in [-0.25, -0.2) is 0 Å². The molecule has 1 saturated carbocycles. The standard InChI is InChI=1S/C17H19N3O3S/c21-17(22)14-8-13(23-12-4-2-1-3-5-12)9-20(14)10-15-18-19-16(24-15)11-6-7-11/h1-5,11,13-14H,6-10H2,(H,21,22)/t13-,14-/m0/s1. The molecule has 2 aliphatic rings. The molecule has 2 heterocycles. The van der Waals surface area contributed by atoms with Gasteiger partial charge in [0.15, 0.2) is 0 Å². The van der Waals surface area contributed by atoms with Gasteiger partial charge in [-0.1, -0.05) is 29.5 Å². The van der Waals surface area contributed by atoms with Crippen LogP contribution in [0.2, 0.25) is 0 Å². The van der Waals surface area contributed by atoms with Crippen molar-refractivity contribution in [2.75, 3.05) is 6.54 Å². The zero-order chi connectivity index (χ0) is 16.5. The predicted molar refractivity (Wildman–Crippen MR) is 89.2 cm³/mol. The second kappa shape index (κ2) is 6.49. The molecule has 0 spiro atoms. The minimum absolute atomic E-state index is 0.121. The van der Waals surface area contributed by atoms with Gasteiger partial charge in [0, 0.05) is 18.9 Å². The molecule has 2 atom stereocenters. The van der Waals surface area contributed by atoms with Crippen LogP contribution in [-0.2, 0) is 11.3 Å². The molecule has 0 bridgehead atoms. The maximum atomic E-state index is 11.6. The minimum atomic E-state index is -0.805. The lowest BCUT2D eigenvalue weighted by molar-refractivity contribution is -0.142. The molecule has 1 aliphatic heterocycles. The number of carbonyl (C=O) groups is 1. The van der Waals surface area contributed by atoms with Crippen molar-refractivity contribution in [2.45, 2.75) is 43.9 Å². The first-order valence-corrected chi connectivity index (χ1v) is 9.01. The number of carboxylic acid groups (broad SMARTS) is 1. The summed E-state index contributed by atoms with van der Waals surface area (Å²) in [5, 5.41) is 20.0. The van der Waals surface area contributed by atoms with Gasteiger partial charge in [-0.15, -0.1) is 10.2 Å². The molecule has 1 aromatic carbocycles.